The van der Waals surface area contributed by atoms with Crippen LogP contribution in [0.3, 0.4) is 0 Å². The lowest BCUT2D eigenvalue weighted by Crippen LogP contribution is -2.09. The molecule has 0 aliphatic heterocycles. The van der Waals surface area contributed by atoms with Gasteiger partial charge in [-0.15, -0.1) is 0 Å². The van der Waals surface area contributed by atoms with Gasteiger partial charge in [-0.05, 0) is 25.1 Å². The predicted octanol–water partition coefficient (Wildman–Crippen LogP) is 4.07. The van der Waals surface area contributed by atoms with Gasteiger partial charge in [0.25, 0.3) is 0 Å². The third-order valence-corrected chi connectivity index (χ3v) is 2.94. The van der Waals surface area contributed by atoms with Crippen LogP contribution in [0.2, 0.25) is 0 Å². The maximum atomic E-state index is 13.9. The molecule has 0 unspecified atom stereocenters. The van der Waals surface area contributed by atoms with E-state index in [1.165, 1.54) is 6.92 Å². The third-order valence-electron chi connectivity index (χ3n) is 2.94. The van der Waals surface area contributed by atoms with Gasteiger partial charge in [-0.2, -0.15) is 13.2 Å². The van der Waals surface area contributed by atoms with E-state index in [0.717, 1.165) is 24.4 Å². The molecule has 2 rings (SSSR count). The number of alkyl halides is 3. The Morgan fingerprint density at radius 2 is 1.76 bits per heavy atom. The van der Waals surface area contributed by atoms with Crippen molar-refractivity contribution in [3.8, 4) is 11.1 Å². The van der Waals surface area contributed by atoms with Crippen molar-refractivity contribution in [3.63, 3.8) is 0 Å². The first kappa shape index (κ1) is 15.4. The molecule has 0 radical (unpaired) electrons. The molecule has 1 heterocycles. The van der Waals surface area contributed by atoms with Crippen LogP contribution in [-0.4, -0.2) is 4.98 Å². The second-order valence-electron chi connectivity index (χ2n) is 4.57. The average Bonchev–Trinajstić information content (AvgIpc) is 2.40. The van der Waals surface area contributed by atoms with Crippen molar-refractivity contribution >= 4 is 0 Å². The molecule has 0 saturated carbocycles. The fourth-order valence-electron chi connectivity index (χ4n) is 1.85. The van der Waals surface area contributed by atoms with Crippen LogP contribution in [0.15, 0.2) is 30.5 Å². The van der Waals surface area contributed by atoms with Crippen molar-refractivity contribution in [2.24, 2.45) is 5.73 Å². The highest BCUT2D eigenvalue weighted by Gasteiger charge is 2.32. The van der Waals surface area contributed by atoms with Crippen molar-refractivity contribution in [2.45, 2.75) is 19.1 Å². The molecule has 1 aromatic heterocycles. The van der Waals surface area contributed by atoms with Gasteiger partial charge in [-0.1, -0.05) is 6.07 Å². The highest BCUT2D eigenvalue weighted by molar-refractivity contribution is 5.64. The molecule has 0 aliphatic carbocycles. The molecule has 1 aromatic carbocycles. The highest BCUT2D eigenvalue weighted by Crippen LogP contribution is 2.31. The number of hydrogen-bond donors (Lipinski definition) is 1. The predicted molar refractivity (Wildman–Crippen MR) is 67.2 cm³/mol. The van der Waals surface area contributed by atoms with E-state index >= 15 is 0 Å². The first-order valence-corrected chi connectivity index (χ1v) is 5.98. The smallest absolute Gasteiger partial charge is 0.324 e. The van der Waals surface area contributed by atoms with Gasteiger partial charge >= 0.3 is 6.18 Å². The maximum Gasteiger partial charge on any atom is 0.433 e. The van der Waals surface area contributed by atoms with Gasteiger partial charge in [-0.3, -0.25) is 4.98 Å². The minimum Gasteiger partial charge on any atom is -0.324 e. The zero-order valence-electron chi connectivity index (χ0n) is 10.9. The van der Waals surface area contributed by atoms with Gasteiger partial charge in [-0.25, -0.2) is 8.78 Å². The van der Waals surface area contributed by atoms with Crippen LogP contribution < -0.4 is 5.73 Å². The molecular formula is C14H11F5N2. The van der Waals surface area contributed by atoms with Crippen LogP contribution in [0.5, 0.6) is 0 Å². The summed E-state index contributed by atoms with van der Waals surface area (Å²) in [7, 11) is 0. The first-order chi connectivity index (χ1) is 9.70. The zero-order chi connectivity index (χ0) is 15.8. The van der Waals surface area contributed by atoms with Crippen molar-refractivity contribution in [1.29, 1.82) is 0 Å². The van der Waals surface area contributed by atoms with Crippen molar-refractivity contribution in [3.05, 3.63) is 53.4 Å². The molecule has 2 N–H and O–H groups in total. The van der Waals surface area contributed by atoms with E-state index in [-0.39, 0.29) is 16.7 Å². The molecule has 0 fully saturated rings. The summed E-state index contributed by atoms with van der Waals surface area (Å²) >= 11 is 0. The molecule has 21 heavy (non-hydrogen) atoms. The summed E-state index contributed by atoms with van der Waals surface area (Å²) < 4.78 is 64.9. The van der Waals surface area contributed by atoms with Crippen LogP contribution in [0, 0.1) is 11.6 Å². The molecule has 0 aliphatic rings. The lowest BCUT2D eigenvalue weighted by molar-refractivity contribution is -0.141. The van der Waals surface area contributed by atoms with E-state index in [4.69, 9.17) is 5.73 Å². The van der Waals surface area contributed by atoms with Crippen LogP contribution in [-0.2, 0) is 6.18 Å². The van der Waals surface area contributed by atoms with Crippen molar-refractivity contribution in [1.82, 2.24) is 4.98 Å². The summed E-state index contributed by atoms with van der Waals surface area (Å²) in [4.78, 5) is 3.22. The number of rotatable bonds is 2. The molecule has 2 nitrogen and oxygen atoms in total. The van der Waals surface area contributed by atoms with E-state index in [2.05, 4.69) is 4.98 Å². The molecule has 112 valence electrons. The molecule has 0 amide bonds. The molecule has 7 heteroatoms. The van der Waals surface area contributed by atoms with E-state index in [0.29, 0.717) is 6.07 Å². The maximum absolute atomic E-state index is 13.9. The Morgan fingerprint density at radius 3 is 2.24 bits per heavy atom. The topological polar surface area (TPSA) is 38.9 Å². The molecule has 0 spiro atoms. The number of benzene rings is 1. The van der Waals surface area contributed by atoms with Gasteiger partial charge in [0.1, 0.15) is 17.3 Å². The summed E-state index contributed by atoms with van der Waals surface area (Å²) in [6.07, 6.45) is -3.73. The highest BCUT2D eigenvalue weighted by atomic mass is 19.4. The Balaban J connectivity index is 2.45. The van der Waals surface area contributed by atoms with Gasteiger partial charge < -0.3 is 5.73 Å². The van der Waals surface area contributed by atoms with Crippen LogP contribution in [0.1, 0.15) is 24.2 Å². The Hall–Kier alpha value is -2.02. The lowest BCUT2D eigenvalue weighted by atomic mass is 10.0. The second-order valence-corrected chi connectivity index (χ2v) is 4.57. The standard InChI is InChI=1S/C14H11F5N2/c1-7(20)9-4-12(16)10(5-11(9)15)8-2-3-13(21-6-8)14(17,18)19/h2-7H,20H2,1H3/t7-/m0/s1. The lowest BCUT2D eigenvalue weighted by Gasteiger charge is -2.11. The third kappa shape index (κ3) is 3.18. The fraction of sp³-hybridized carbons (Fsp3) is 0.214. The number of aromatic nitrogens is 1. The van der Waals surface area contributed by atoms with Gasteiger partial charge in [0.2, 0.25) is 0 Å². The minimum atomic E-state index is -4.58. The van der Waals surface area contributed by atoms with Crippen molar-refractivity contribution in [2.75, 3.05) is 0 Å². The van der Waals surface area contributed by atoms with Gasteiger partial charge in [0, 0.05) is 28.9 Å². The van der Waals surface area contributed by atoms with E-state index in [1.54, 1.807) is 0 Å². The SMILES string of the molecule is C[C@H](N)c1cc(F)c(-c2ccc(C(F)(F)F)nc2)cc1F. The number of hydrogen-bond acceptors (Lipinski definition) is 2. The molecular weight excluding hydrogens is 291 g/mol. The summed E-state index contributed by atoms with van der Waals surface area (Å²) in [6, 6.07) is 2.90. The summed E-state index contributed by atoms with van der Waals surface area (Å²) in [5.74, 6) is -1.49. The molecule has 0 saturated heterocycles. The number of halogens is 5. The van der Waals surface area contributed by atoms with Gasteiger partial charge in [0.05, 0.1) is 0 Å². The quantitative estimate of drug-likeness (QED) is 0.849. The summed E-state index contributed by atoms with van der Waals surface area (Å²) in [6.45, 7) is 1.50. The zero-order valence-corrected chi connectivity index (χ0v) is 10.9. The molecule has 0 bridgehead atoms. The van der Waals surface area contributed by atoms with Gasteiger partial charge in [0.15, 0.2) is 0 Å². The second kappa shape index (κ2) is 5.40. The van der Waals surface area contributed by atoms with E-state index < -0.39 is 29.5 Å². The number of nitrogens with zero attached hydrogens (tertiary/aromatic N) is 1. The largest absolute Gasteiger partial charge is 0.433 e. The minimum absolute atomic E-state index is 0.00359. The number of pyridine rings is 1. The normalized spacial score (nSPS) is 13.3. The Kier molecular flexibility index (Phi) is 3.95. The number of nitrogens with two attached hydrogens (primary N) is 1. The fourth-order valence-corrected chi connectivity index (χ4v) is 1.85. The Bertz CT molecular complexity index is 648. The van der Waals surface area contributed by atoms with E-state index in [9.17, 15) is 22.0 Å². The average molecular weight is 302 g/mol. The first-order valence-electron chi connectivity index (χ1n) is 5.98. The van der Waals surface area contributed by atoms with Crippen LogP contribution in [0.25, 0.3) is 11.1 Å². The van der Waals surface area contributed by atoms with E-state index in [1.807, 2.05) is 0 Å². The van der Waals surface area contributed by atoms with Crippen molar-refractivity contribution < 1.29 is 22.0 Å². The summed E-state index contributed by atoms with van der Waals surface area (Å²) in [5.41, 5.74) is 4.28. The Morgan fingerprint density at radius 1 is 1.10 bits per heavy atom. The van der Waals surface area contributed by atoms with Crippen LogP contribution in [0.4, 0.5) is 22.0 Å². The molecule has 2 aromatic rings. The monoisotopic (exact) mass is 302 g/mol. The summed E-state index contributed by atoms with van der Waals surface area (Å²) in [5, 5.41) is 0. The Labute approximate surface area is 117 Å². The van der Waals surface area contributed by atoms with Crippen LogP contribution >= 0.6 is 0 Å². The molecule has 1 atom stereocenters.